The van der Waals surface area contributed by atoms with Gasteiger partial charge in [0.25, 0.3) is 0 Å². The summed E-state index contributed by atoms with van der Waals surface area (Å²) in [5, 5.41) is 22.4. The molecule has 2 N–H and O–H groups in total. The SMILES string of the molecule is Cc1cc(OC(=O)c2ccc3cc(O)ccc3c2)ccc1OC(=O)c1ccc2cc(O)ccc2c1. The third kappa shape index (κ3) is 4.63. The summed E-state index contributed by atoms with van der Waals surface area (Å²) < 4.78 is 11.1. The van der Waals surface area contributed by atoms with Crippen molar-refractivity contribution in [2.75, 3.05) is 0 Å². The van der Waals surface area contributed by atoms with E-state index in [-0.39, 0.29) is 11.5 Å². The molecule has 6 nitrogen and oxygen atoms in total. The maximum Gasteiger partial charge on any atom is 0.343 e. The Bertz CT molecular complexity index is 1620. The molecule has 0 bridgehead atoms. The molecule has 0 aliphatic rings. The minimum Gasteiger partial charge on any atom is -0.508 e. The number of benzene rings is 5. The highest BCUT2D eigenvalue weighted by Gasteiger charge is 2.14. The van der Waals surface area contributed by atoms with Crippen molar-refractivity contribution in [2.24, 2.45) is 0 Å². The lowest BCUT2D eigenvalue weighted by Crippen LogP contribution is -2.10. The van der Waals surface area contributed by atoms with Crippen LogP contribution in [0, 0.1) is 6.92 Å². The van der Waals surface area contributed by atoms with E-state index in [0.717, 1.165) is 21.5 Å². The third-order valence-electron chi connectivity index (χ3n) is 5.68. The highest BCUT2D eigenvalue weighted by atomic mass is 16.5. The van der Waals surface area contributed by atoms with Crippen LogP contribution in [0.15, 0.2) is 91.0 Å². The van der Waals surface area contributed by atoms with Crippen molar-refractivity contribution in [1.82, 2.24) is 0 Å². The van der Waals surface area contributed by atoms with E-state index in [1.807, 2.05) is 0 Å². The summed E-state index contributed by atoms with van der Waals surface area (Å²) in [4.78, 5) is 25.3. The van der Waals surface area contributed by atoms with Crippen molar-refractivity contribution in [2.45, 2.75) is 6.92 Å². The lowest BCUT2D eigenvalue weighted by molar-refractivity contribution is 0.0718. The average Bonchev–Trinajstić information content (AvgIpc) is 2.84. The summed E-state index contributed by atoms with van der Waals surface area (Å²) in [5.41, 5.74) is 1.38. The van der Waals surface area contributed by atoms with Gasteiger partial charge in [-0.3, -0.25) is 0 Å². The first-order chi connectivity index (χ1) is 16.9. The first-order valence-corrected chi connectivity index (χ1v) is 10.9. The fourth-order valence-corrected chi connectivity index (χ4v) is 3.84. The van der Waals surface area contributed by atoms with Crippen LogP contribution in [0.25, 0.3) is 21.5 Å². The van der Waals surface area contributed by atoms with Crippen LogP contribution in [0.5, 0.6) is 23.0 Å². The number of rotatable bonds is 4. The molecule has 5 aromatic carbocycles. The Morgan fingerprint density at radius 1 is 0.571 bits per heavy atom. The van der Waals surface area contributed by atoms with E-state index in [0.29, 0.717) is 28.2 Å². The van der Waals surface area contributed by atoms with Gasteiger partial charge in [-0.25, -0.2) is 9.59 Å². The Morgan fingerprint density at radius 2 is 1.06 bits per heavy atom. The molecule has 0 aliphatic carbocycles. The van der Waals surface area contributed by atoms with E-state index in [9.17, 15) is 19.8 Å². The van der Waals surface area contributed by atoms with Crippen LogP contribution < -0.4 is 9.47 Å². The lowest BCUT2D eigenvalue weighted by atomic mass is 10.1. The van der Waals surface area contributed by atoms with Gasteiger partial charge in [-0.1, -0.05) is 24.3 Å². The van der Waals surface area contributed by atoms with Crippen LogP contribution in [-0.4, -0.2) is 22.2 Å². The Morgan fingerprint density at radius 3 is 1.60 bits per heavy atom. The number of phenolic OH excluding ortho intramolecular Hbond substituents is 2. The second-order valence-electron chi connectivity index (χ2n) is 8.20. The van der Waals surface area contributed by atoms with Gasteiger partial charge in [0.1, 0.15) is 23.0 Å². The first kappa shape index (κ1) is 22.0. The lowest BCUT2D eigenvalue weighted by Gasteiger charge is -2.11. The van der Waals surface area contributed by atoms with Gasteiger partial charge >= 0.3 is 11.9 Å². The summed E-state index contributed by atoms with van der Waals surface area (Å²) >= 11 is 0. The van der Waals surface area contributed by atoms with E-state index in [1.54, 1.807) is 97.9 Å². The number of fused-ring (bicyclic) bond motifs is 2. The molecule has 5 aromatic rings. The van der Waals surface area contributed by atoms with Gasteiger partial charge in [0, 0.05) is 0 Å². The molecule has 0 saturated carbocycles. The minimum absolute atomic E-state index is 0.157. The predicted octanol–water partition coefficient (Wildman–Crippen LogP) is 6.15. The summed E-state index contributed by atoms with van der Waals surface area (Å²) in [6.45, 7) is 1.76. The van der Waals surface area contributed by atoms with Crippen molar-refractivity contribution in [3.8, 4) is 23.0 Å². The Kier molecular flexibility index (Phi) is 5.55. The zero-order chi connectivity index (χ0) is 24.5. The van der Waals surface area contributed by atoms with E-state index in [1.165, 1.54) is 0 Å². The van der Waals surface area contributed by atoms with Gasteiger partial charge < -0.3 is 19.7 Å². The molecule has 172 valence electrons. The molecule has 0 amide bonds. The van der Waals surface area contributed by atoms with Crippen molar-refractivity contribution >= 4 is 33.5 Å². The minimum atomic E-state index is -0.522. The Balaban J connectivity index is 1.30. The number of hydrogen-bond acceptors (Lipinski definition) is 6. The number of aryl methyl sites for hydroxylation is 1. The summed E-state index contributed by atoms with van der Waals surface area (Å²) in [6, 6.07) is 24.8. The van der Waals surface area contributed by atoms with Crippen LogP contribution in [0.4, 0.5) is 0 Å². The monoisotopic (exact) mass is 464 g/mol. The Labute approximate surface area is 200 Å². The topological polar surface area (TPSA) is 93.1 Å². The van der Waals surface area contributed by atoms with Gasteiger partial charge in [0.2, 0.25) is 0 Å². The highest BCUT2D eigenvalue weighted by molar-refractivity contribution is 5.98. The van der Waals surface area contributed by atoms with Crippen molar-refractivity contribution in [3.05, 3.63) is 108 Å². The second kappa shape index (κ2) is 8.83. The van der Waals surface area contributed by atoms with E-state index >= 15 is 0 Å². The molecule has 0 heterocycles. The molecule has 0 radical (unpaired) electrons. The van der Waals surface area contributed by atoms with Gasteiger partial charge in [0.05, 0.1) is 11.1 Å². The van der Waals surface area contributed by atoms with Crippen LogP contribution in [-0.2, 0) is 0 Å². The van der Waals surface area contributed by atoms with Crippen LogP contribution in [0.3, 0.4) is 0 Å². The fourth-order valence-electron chi connectivity index (χ4n) is 3.84. The highest BCUT2D eigenvalue weighted by Crippen LogP contribution is 2.27. The van der Waals surface area contributed by atoms with E-state index < -0.39 is 11.9 Å². The maximum absolute atomic E-state index is 12.7. The van der Waals surface area contributed by atoms with Crippen molar-refractivity contribution in [1.29, 1.82) is 0 Å². The number of carbonyl (C=O) groups excluding carboxylic acids is 2. The smallest absolute Gasteiger partial charge is 0.343 e. The molecule has 0 aromatic heterocycles. The number of aromatic hydroxyl groups is 2. The molecule has 0 saturated heterocycles. The molecule has 0 spiro atoms. The number of esters is 2. The summed E-state index contributed by atoms with van der Waals surface area (Å²) in [6.07, 6.45) is 0. The number of ether oxygens (including phenoxy) is 2. The standard InChI is InChI=1S/C29H20O6/c1-17-12-26(34-28(32)22-4-2-20-15-24(30)8-6-18(20)13-22)10-11-27(17)35-29(33)23-5-3-21-16-25(31)9-7-19(21)14-23/h2-16,30-31H,1H3. The van der Waals surface area contributed by atoms with Crippen LogP contribution in [0.2, 0.25) is 0 Å². The van der Waals surface area contributed by atoms with E-state index in [4.69, 9.17) is 9.47 Å². The molecule has 5 rings (SSSR count). The zero-order valence-electron chi connectivity index (χ0n) is 18.7. The molecule has 0 unspecified atom stereocenters. The second-order valence-corrected chi connectivity index (χ2v) is 8.20. The first-order valence-electron chi connectivity index (χ1n) is 10.9. The normalized spacial score (nSPS) is 10.9. The summed E-state index contributed by atoms with van der Waals surface area (Å²) in [7, 11) is 0. The number of hydrogen-bond donors (Lipinski definition) is 2. The maximum atomic E-state index is 12.7. The molecular weight excluding hydrogens is 444 g/mol. The molecule has 0 fully saturated rings. The van der Waals surface area contributed by atoms with Crippen LogP contribution in [0.1, 0.15) is 26.3 Å². The van der Waals surface area contributed by atoms with Crippen molar-refractivity contribution < 1.29 is 29.3 Å². The van der Waals surface area contributed by atoms with Gasteiger partial charge in [-0.2, -0.15) is 0 Å². The molecule has 6 heteroatoms. The quantitative estimate of drug-likeness (QED) is 0.245. The fraction of sp³-hybridized carbons (Fsp3) is 0.0345. The molecular formula is C29H20O6. The van der Waals surface area contributed by atoms with Gasteiger partial charge in [0.15, 0.2) is 0 Å². The molecule has 0 atom stereocenters. The number of carbonyl (C=O) groups is 2. The van der Waals surface area contributed by atoms with E-state index in [2.05, 4.69) is 0 Å². The predicted molar refractivity (Wildman–Crippen MR) is 132 cm³/mol. The number of phenols is 2. The third-order valence-corrected chi connectivity index (χ3v) is 5.68. The van der Waals surface area contributed by atoms with Crippen LogP contribution >= 0.6 is 0 Å². The van der Waals surface area contributed by atoms with Gasteiger partial charge in [-0.15, -0.1) is 0 Å². The summed E-state index contributed by atoms with van der Waals surface area (Å²) in [5.74, 6) is -0.0498. The molecule has 35 heavy (non-hydrogen) atoms. The van der Waals surface area contributed by atoms with Crippen molar-refractivity contribution in [3.63, 3.8) is 0 Å². The average molecular weight is 464 g/mol. The molecule has 0 aliphatic heterocycles. The van der Waals surface area contributed by atoms with Gasteiger partial charge in [-0.05, 0) is 101 Å². The zero-order valence-corrected chi connectivity index (χ0v) is 18.7. The Hall–Kier alpha value is -4.84. The largest absolute Gasteiger partial charge is 0.508 e.